The second-order valence-electron chi connectivity index (χ2n) is 6.42. The van der Waals surface area contributed by atoms with Gasteiger partial charge in [-0.15, -0.1) is 0 Å². The van der Waals surface area contributed by atoms with E-state index in [0.29, 0.717) is 26.8 Å². The molecule has 1 heterocycles. The number of hydrogen-bond donors (Lipinski definition) is 0. The average molecular weight is 420 g/mol. The van der Waals surface area contributed by atoms with E-state index in [1.165, 1.54) is 12.1 Å². The molecule has 146 valence electrons. The molecule has 7 heteroatoms. The molecule has 1 aliphatic heterocycles. The minimum atomic E-state index is -0.379. The van der Waals surface area contributed by atoms with Gasteiger partial charge in [0.25, 0.3) is 11.1 Å². The van der Waals surface area contributed by atoms with Crippen LogP contribution in [0.2, 0.25) is 5.02 Å². The molecule has 1 fully saturated rings. The zero-order chi connectivity index (χ0) is 20.3. The predicted molar refractivity (Wildman–Crippen MR) is 110 cm³/mol. The van der Waals surface area contributed by atoms with Crippen molar-refractivity contribution in [2.75, 3.05) is 0 Å². The highest BCUT2D eigenvalue weighted by molar-refractivity contribution is 8.18. The molecule has 2 aromatic rings. The van der Waals surface area contributed by atoms with Crippen LogP contribution in [0.1, 0.15) is 31.4 Å². The summed E-state index contributed by atoms with van der Waals surface area (Å²) in [5.41, 5.74) is 1.38. The molecule has 0 radical (unpaired) electrons. The lowest BCUT2D eigenvalue weighted by Gasteiger charge is -2.14. The fourth-order valence-corrected chi connectivity index (χ4v) is 3.63. The molecule has 0 aliphatic carbocycles. The summed E-state index contributed by atoms with van der Waals surface area (Å²) in [4.78, 5) is 26.3. The number of carbonyl (C=O) groups is 2. The summed E-state index contributed by atoms with van der Waals surface area (Å²) in [7, 11) is 0. The van der Waals surface area contributed by atoms with E-state index in [4.69, 9.17) is 16.3 Å². The van der Waals surface area contributed by atoms with Crippen LogP contribution in [0.4, 0.5) is 9.18 Å². The van der Waals surface area contributed by atoms with E-state index in [1.807, 2.05) is 13.8 Å². The molecule has 0 unspecified atom stereocenters. The molecular formula is C21H19ClFNO3S. The number of carbonyl (C=O) groups excluding carboxylic acids is 2. The number of halogens is 2. The molecule has 0 bridgehead atoms. The first-order valence-corrected chi connectivity index (χ1v) is 10.0. The Morgan fingerprint density at radius 2 is 1.93 bits per heavy atom. The third kappa shape index (κ3) is 4.75. The van der Waals surface area contributed by atoms with Gasteiger partial charge in [-0.25, -0.2) is 4.39 Å². The normalized spacial score (nSPS) is 16.7. The average Bonchev–Trinajstić information content (AvgIpc) is 2.93. The maximum absolute atomic E-state index is 13.0. The summed E-state index contributed by atoms with van der Waals surface area (Å²) >= 11 is 7.15. The highest BCUT2D eigenvalue weighted by Gasteiger charge is 2.35. The van der Waals surface area contributed by atoms with Gasteiger partial charge in [-0.2, -0.15) is 0 Å². The summed E-state index contributed by atoms with van der Waals surface area (Å²) < 4.78 is 18.8. The molecule has 0 N–H and O–H groups in total. The Bertz CT molecular complexity index is 930. The lowest BCUT2D eigenvalue weighted by atomic mass is 10.2. The van der Waals surface area contributed by atoms with E-state index in [9.17, 15) is 14.0 Å². The summed E-state index contributed by atoms with van der Waals surface area (Å²) in [6, 6.07) is 11.0. The monoisotopic (exact) mass is 419 g/mol. The highest BCUT2D eigenvalue weighted by Crippen LogP contribution is 2.34. The van der Waals surface area contributed by atoms with E-state index in [-0.39, 0.29) is 29.6 Å². The van der Waals surface area contributed by atoms with E-state index >= 15 is 0 Å². The standard InChI is InChI=1S/C21H19ClFNO3S/c1-3-13(2)27-18-9-6-15(10-17(18)22)11-19-20(25)24(21(26)28-19)12-14-4-7-16(23)8-5-14/h4-11,13H,3,12H2,1-2H3/b19-11-/t13-/m0/s1. The van der Waals surface area contributed by atoms with Gasteiger partial charge < -0.3 is 4.74 Å². The maximum atomic E-state index is 13.0. The summed E-state index contributed by atoms with van der Waals surface area (Å²) in [6.07, 6.45) is 2.54. The van der Waals surface area contributed by atoms with Crippen LogP contribution < -0.4 is 4.74 Å². The van der Waals surface area contributed by atoms with E-state index in [0.717, 1.165) is 23.1 Å². The van der Waals surface area contributed by atoms with Gasteiger partial charge in [0.15, 0.2) is 0 Å². The lowest BCUT2D eigenvalue weighted by Crippen LogP contribution is -2.27. The van der Waals surface area contributed by atoms with Gasteiger partial charge in [-0.1, -0.05) is 36.7 Å². The number of imide groups is 1. The predicted octanol–water partition coefficient (Wildman–Crippen LogP) is 5.89. The number of ether oxygens (including phenoxy) is 1. The first-order valence-electron chi connectivity index (χ1n) is 8.83. The highest BCUT2D eigenvalue weighted by atomic mass is 35.5. The molecule has 2 amide bonds. The third-order valence-electron chi connectivity index (χ3n) is 4.28. The van der Waals surface area contributed by atoms with Crippen LogP contribution in [-0.2, 0) is 11.3 Å². The first kappa shape index (κ1) is 20.4. The molecule has 1 aliphatic rings. The quantitative estimate of drug-likeness (QED) is 0.547. The Morgan fingerprint density at radius 3 is 2.57 bits per heavy atom. The Labute approximate surface area is 172 Å². The summed E-state index contributed by atoms with van der Waals surface area (Å²) in [5, 5.41) is 0.0861. The number of benzene rings is 2. The second-order valence-corrected chi connectivity index (χ2v) is 7.82. The SMILES string of the molecule is CC[C@H](C)Oc1ccc(/C=C2\SC(=O)N(Cc3ccc(F)cc3)C2=O)cc1Cl. The first-order chi connectivity index (χ1) is 13.4. The molecule has 4 nitrogen and oxygen atoms in total. The number of nitrogens with zero attached hydrogens (tertiary/aromatic N) is 1. The van der Waals surface area contributed by atoms with Crippen LogP contribution in [0.3, 0.4) is 0 Å². The van der Waals surface area contributed by atoms with Crippen molar-refractivity contribution in [2.45, 2.75) is 32.9 Å². The molecule has 0 aromatic heterocycles. The second kappa shape index (κ2) is 8.80. The van der Waals surface area contributed by atoms with Crippen LogP contribution in [0, 0.1) is 5.82 Å². The van der Waals surface area contributed by atoms with Gasteiger partial charge in [0.2, 0.25) is 0 Å². The van der Waals surface area contributed by atoms with Crippen molar-refractivity contribution in [1.29, 1.82) is 0 Å². The number of amides is 2. The molecule has 3 rings (SSSR count). The van der Waals surface area contributed by atoms with Crippen molar-refractivity contribution < 1.29 is 18.7 Å². The van der Waals surface area contributed by atoms with Gasteiger partial charge >= 0.3 is 0 Å². The Balaban J connectivity index is 1.76. The molecule has 1 atom stereocenters. The van der Waals surface area contributed by atoms with Crippen molar-refractivity contribution in [3.63, 3.8) is 0 Å². The number of rotatable bonds is 6. The van der Waals surface area contributed by atoms with Crippen LogP contribution in [0.25, 0.3) is 6.08 Å². The van der Waals surface area contributed by atoms with Crippen molar-refractivity contribution in [3.05, 3.63) is 69.3 Å². The van der Waals surface area contributed by atoms with Gasteiger partial charge in [0.05, 0.1) is 22.6 Å². The zero-order valence-corrected chi connectivity index (χ0v) is 17.0. The summed E-state index contributed by atoms with van der Waals surface area (Å²) in [6.45, 7) is 4.08. The van der Waals surface area contributed by atoms with E-state index < -0.39 is 0 Å². The van der Waals surface area contributed by atoms with Crippen LogP contribution in [0.15, 0.2) is 47.4 Å². The Hall–Kier alpha value is -2.31. The van der Waals surface area contributed by atoms with Gasteiger partial charge in [0.1, 0.15) is 11.6 Å². The van der Waals surface area contributed by atoms with Gasteiger partial charge in [0, 0.05) is 0 Å². The lowest BCUT2D eigenvalue weighted by molar-refractivity contribution is -0.123. The van der Waals surface area contributed by atoms with Crippen molar-refractivity contribution >= 4 is 40.6 Å². The fourth-order valence-electron chi connectivity index (χ4n) is 2.56. The van der Waals surface area contributed by atoms with E-state index in [2.05, 4.69) is 0 Å². The molecule has 2 aromatic carbocycles. The molecule has 0 saturated carbocycles. The van der Waals surface area contributed by atoms with E-state index in [1.54, 1.807) is 36.4 Å². The minimum Gasteiger partial charge on any atom is -0.489 e. The molecule has 28 heavy (non-hydrogen) atoms. The zero-order valence-electron chi connectivity index (χ0n) is 15.4. The Morgan fingerprint density at radius 1 is 1.21 bits per heavy atom. The topological polar surface area (TPSA) is 46.6 Å². The number of hydrogen-bond acceptors (Lipinski definition) is 4. The maximum Gasteiger partial charge on any atom is 0.293 e. The van der Waals surface area contributed by atoms with Gasteiger partial charge in [-0.05, 0) is 66.6 Å². The molecular weight excluding hydrogens is 401 g/mol. The molecule has 1 saturated heterocycles. The minimum absolute atomic E-state index is 0.0475. The smallest absolute Gasteiger partial charge is 0.293 e. The third-order valence-corrected chi connectivity index (χ3v) is 5.49. The van der Waals surface area contributed by atoms with Crippen LogP contribution >= 0.6 is 23.4 Å². The Kier molecular flexibility index (Phi) is 6.42. The molecule has 0 spiro atoms. The van der Waals surface area contributed by atoms with Crippen molar-refractivity contribution in [3.8, 4) is 5.75 Å². The summed E-state index contributed by atoms with van der Waals surface area (Å²) in [5.74, 6) is -0.164. The van der Waals surface area contributed by atoms with Crippen molar-refractivity contribution in [2.24, 2.45) is 0 Å². The van der Waals surface area contributed by atoms with Crippen molar-refractivity contribution in [1.82, 2.24) is 4.90 Å². The van der Waals surface area contributed by atoms with Crippen LogP contribution in [0.5, 0.6) is 5.75 Å². The fraction of sp³-hybridized carbons (Fsp3) is 0.238. The van der Waals surface area contributed by atoms with Gasteiger partial charge in [-0.3, -0.25) is 14.5 Å². The van der Waals surface area contributed by atoms with Crippen LogP contribution in [-0.4, -0.2) is 22.2 Å². The number of thioether (sulfide) groups is 1. The largest absolute Gasteiger partial charge is 0.489 e.